The zero-order valence-electron chi connectivity index (χ0n) is 15.1. The van der Waals surface area contributed by atoms with Crippen LogP contribution in [0.25, 0.3) is 0 Å². The Hall–Kier alpha value is -2.52. The molecule has 0 unspecified atom stereocenters. The fourth-order valence-corrected chi connectivity index (χ4v) is 4.07. The van der Waals surface area contributed by atoms with E-state index in [0.717, 1.165) is 0 Å². The molecule has 1 saturated heterocycles. The standard InChI is InChI=1S/C18H20FN3O4S/c1-9-7-22(8-10(2)26-9)16-11(3)14(19)12(6-13(16)18(23)24)15(21-25)17-20-4-5-27-17/h4-6,9-10,25H,7-8H2,1-3H3,(H,23,24)/b21-15-/t9-,10+. The van der Waals surface area contributed by atoms with Crippen molar-refractivity contribution < 1.29 is 24.2 Å². The van der Waals surface area contributed by atoms with Crippen molar-refractivity contribution in [2.75, 3.05) is 18.0 Å². The summed E-state index contributed by atoms with van der Waals surface area (Å²) >= 11 is 1.17. The van der Waals surface area contributed by atoms with Crippen LogP contribution < -0.4 is 4.90 Å². The molecular weight excluding hydrogens is 373 g/mol. The SMILES string of the molecule is Cc1c(F)c(/C(=N/O)c2nccs2)cc(C(=O)O)c1N1C[C@@H](C)O[C@@H](C)C1. The second-order valence-electron chi connectivity index (χ2n) is 6.51. The number of carboxylic acid groups (broad SMARTS) is 1. The zero-order chi connectivity index (χ0) is 19.7. The van der Waals surface area contributed by atoms with E-state index in [-0.39, 0.29) is 34.6 Å². The van der Waals surface area contributed by atoms with Crippen molar-refractivity contribution in [3.8, 4) is 0 Å². The minimum Gasteiger partial charge on any atom is -0.478 e. The number of morpholine rings is 1. The summed E-state index contributed by atoms with van der Waals surface area (Å²) in [6.45, 7) is 6.22. The summed E-state index contributed by atoms with van der Waals surface area (Å²) in [5.41, 5.74) is 0.262. The van der Waals surface area contributed by atoms with Gasteiger partial charge < -0.3 is 20.0 Å². The summed E-state index contributed by atoms with van der Waals surface area (Å²) in [7, 11) is 0. The van der Waals surface area contributed by atoms with Crippen LogP contribution in [-0.4, -0.2) is 52.3 Å². The van der Waals surface area contributed by atoms with Crippen LogP contribution in [0.5, 0.6) is 0 Å². The number of ether oxygens (including phenoxy) is 1. The molecular formula is C18H20FN3O4S. The second kappa shape index (κ2) is 7.61. The van der Waals surface area contributed by atoms with Gasteiger partial charge in [-0.25, -0.2) is 14.2 Å². The molecule has 144 valence electrons. The highest BCUT2D eigenvalue weighted by Crippen LogP contribution is 2.33. The molecule has 1 aliphatic rings. The maximum atomic E-state index is 15.2. The van der Waals surface area contributed by atoms with Crippen LogP contribution in [0, 0.1) is 12.7 Å². The van der Waals surface area contributed by atoms with E-state index in [1.165, 1.54) is 30.5 Å². The van der Waals surface area contributed by atoms with E-state index < -0.39 is 11.8 Å². The van der Waals surface area contributed by atoms with Crippen molar-refractivity contribution in [3.05, 3.63) is 45.2 Å². The lowest BCUT2D eigenvalue weighted by Gasteiger charge is -2.38. The Labute approximate surface area is 159 Å². The number of nitrogens with zero attached hydrogens (tertiary/aromatic N) is 3. The number of hydrogen-bond donors (Lipinski definition) is 2. The van der Waals surface area contributed by atoms with E-state index in [0.29, 0.717) is 23.8 Å². The number of halogens is 1. The van der Waals surface area contributed by atoms with E-state index in [9.17, 15) is 15.1 Å². The summed E-state index contributed by atoms with van der Waals surface area (Å²) in [6, 6.07) is 1.21. The third-order valence-corrected chi connectivity index (χ3v) is 5.20. The molecule has 9 heteroatoms. The minimum absolute atomic E-state index is 0.0529. The number of benzene rings is 1. The number of oxime groups is 1. The van der Waals surface area contributed by atoms with Crippen molar-refractivity contribution >= 4 is 28.7 Å². The van der Waals surface area contributed by atoms with E-state index in [2.05, 4.69) is 10.1 Å². The molecule has 27 heavy (non-hydrogen) atoms. The van der Waals surface area contributed by atoms with E-state index >= 15 is 4.39 Å². The summed E-state index contributed by atoms with van der Waals surface area (Å²) in [6.07, 6.45) is 1.28. The predicted octanol–water partition coefficient (Wildman–Crippen LogP) is 3.13. The fourth-order valence-electron chi connectivity index (χ4n) is 3.44. The highest BCUT2D eigenvalue weighted by Gasteiger charge is 2.30. The van der Waals surface area contributed by atoms with Crippen LogP contribution >= 0.6 is 11.3 Å². The van der Waals surface area contributed by atoms with E-state index in [1.54, 1.807) is 5.38 Å². The van der Waals surface area contributed by atoms with Crippen molar-refractivity contribution in [3.63, 3.8) is 0 Å². The number of hydrogen-bond acceptors (Lipinski definition) is 7. The average molecular weight is 393 g/mol. The summed E-state index contributed by atoms with van der Waals surface area (Å²) in [5, 5.41) is 24.3. The molecule has 1 aromatic carbocycles. The molecule has 0 radical (unpaired) electrons. The van der Waals surface area contributed by atoms with Crippen LogP contribution in [0.4, 0.5) is 10.1 Å². The van der Waals surface area contributed by atoms with Crippen LogP contribution in [0.2, 0.25) is 0 Å². The summed E-state index contributed by atoms with van der Waals surface area (Å²) < 4.78 is 20.9. The first-order valence-electron chi connectivity index (χ1n) is 8.42. The number of anilines is 1. The Morgan fingerprint density at radius 2 is 2.04 bits per heavy atom. The topological polar surface area (TPSA) is 95.2 Å². The summed E-state index contributed by atoms with van der Waals surface area (Å²) in [5.74, 6) is -1.82. The third kappa shape index (κ3) is 3.65. The van der Waals surface area contributed by atoms with Crippen molar-refractivity contribution in [2.45, 2.75) is 33.0 Å². The molecule has 1 aromatic heterocycles. The van der Waals surface area contributed by atoms with E-state index in [1.807, 2.05) is 18.7 Å². The molecule has 1 aliphatic heterocycles. The monoisotopic (exact) mass is 393 g/mol. The lowest BCUT2D eigenvalue weighted by molar-refractivity contribution is -0.00537. The van der Waals surface area contributed by atoms with Gasteiger partial charge in [-0.3, -0.25) is 0 Å². The van der Waals surface area contributed by atoms with Crippen molar-refractivity contribution in [1.29, 1.82) is 0 Å². The average Bonchev–Trinajstić information content (AvgIpc) is 3.12. The van der Waals surface area contributed by atoms with Gasteiger partial charge in [0.1, 0.15) is 16.5 Å². The van der Waals surface area contributed by atoms with Gasteiger partial charge in [-0.15, -0.1) is 11.3 Å². The smallest absolute Gasteiger partial charge is 0.337 e. The maximum absolute atomic E-state index is 15.2. The molecule has 7 nitrogen and oxygen atoms in total. The lowest BCUT2D eigenvalue weighted by Crippen LogP contribution is -2.46. The van der Waals surface area contributed by atoms with Gasteiger partial charge in [0, 0.05) is 35.8 Å². The van der Waals surface area contributed by atoms with Crippen LogP contribution in [-0.2, 0) is 4.74 Å². The molecule has 2 N–H and O–H groups in total. The highest BCUT2D eigenvalue weighted by atomic mass is 32.1. The lowest BCUT2D eigenvalue weighted by atomic mass is 9.97. The highest BCUT2D eigenvalue weighted by molar-refractivity contribution is 7.11. The Balaban J connectivity index is 2.17. The molecule has 0 spiro atoms. The fraction of sp³-hybridized carbons (Fsp3) is 0.389. The number of rotatable bonds is 4. The molecule has 0 saturated carbocycles. The van der Waals surface area contributed by atoms with Crippen molar-refractivity contribution in [1.82, 2.24) is 4.98 Å². The first-order chi connectivity index (χ1) is 12.8. The molecule has 2 heterocycles. The van der Waals surface area contributed by atoms with Crippen LogP contribution in [0.15, 0.2) is 22.8 Å². The first-order valence-corrected chi connectivity index (χ1v) is 9.30. The van der Waals surface area contributed by atoms with Gasteiger partial charge in [-0.2, -0.15) is 0 Å². The Morgan fingerprint density at radius 3 is 2.56 bits per heavy atom. The van der Waals surface area contributed by atoms with Gasteiger partial charge >= 0.3 is 5.97 Å². The van der Waals surface area contributed by atoms with Crippen molar-refractivity contribution in [2.24, 2.45) is 5.16 Å². The number of aromatic carboxylic acids is 1. The van der Waals surface area contributed by atoms with Gasteiger partial charge in [-0.05, 0) is 26.8 Å². The quantitative estimate of drug-likeness (QED) is 0.471. The Bertz CT molecular complexity index is 875. The molecule has 2 atom stereocenters. The predicted molar refractivity (Wildman–Crippen MR) is 99.9 cm³/mol. The van der Waals surface area contributed by atoms with Crippen LogP contribution in [0.1, 0.15) is 40.3 Å². The molecule has 0 amide bonds. The van der Waals surface area contributed by atoms with Crippen LogP contribution in [0.3, 0.4) is 0 Å². The molecule has 2 aromatic rings. The zero-order valence-corrected chi connectivity index (χ0v) is 16.0. The minimum atomic E-state index is -1.18. The largest absolute Gasteiger partial charge is 0.478 e. The first kappa shape index (κ1) is 19.2. The van der Waals surface area contributed by atoms with Gasteiger partial charge in [0.25, 0.3) is 0 Å². The molecule has 0 aliphatic carbocycles. The van der Waals surface area contributed by atoms with Gasteiger partial charge in [0.2, 0.25) is 0 Å². The summed E-state index contributed by atoms with van der Waals surface area (Å²) in [4.78, 5) is 17.8. The van der Waals surface area contributed by atoms with Gasteiger partial charge in [0.05, 0.1) is 23.5 Å². The Morgan fingerprint density at radius 1 is 1.37 bits per heavy atom. The van der Waals surface area contributed by atoms with Gasteiger partial charge in [0.15, 0.2) is 0 Å². The number of thiazole rings is 1. The normalized spacial score (nSPS) is 20.7. The maximum Gasteiger partial charge on any atom is 0.337 e. The number of carbonyl (C=O) groups is 1. The second-order valence-corrected chi connectivity index (χ2v) is 7.41. The number of carboxylic acids is 1. The van der Waals surface area contributed by atoms with E-state index in [4.69, 9.17) is 4.74 Å². The number of aromatic nitrogens is 1. The molecule has 0 bridgehead atoms. The van der Waals surface area contributed by atoms with Gasteiger partial charge in [-0.1, -0.05) is 5.16 Å². The molecule has 3 rings (SSSR count). The Kier molecular flexibility index (Phi) is 5.43. The molecule has 1 fully saturated rings. The third-order valence-electron chi connectivity index (χ3n) is 4.42.